The van der Waals surface area contributed by atoms with Crippen molar-refractivity contribution >= 4 is 0 Å². The predicted molar refractivity (Wildman–Crippen MR) is 36.6 cm³/mol. The van der Waals surface area contributed by atoms with Crippen molar-refractivity contribution in [3.8, 4) is 0 Å². The molecule has 1 fully saturated rings. The Morgan fingerprint density at radius 2 is 2.56 bits per heavy atom. The van der Waals surface area contributed by atoms with Crippen LogP contribution in [0.4, 0.5) is 0 Å². The zero-order valence-electron chi connectivity index (χ0n) is 5.93. The number of hydrazine groups is 1. The molecule has 9 heavy (non-hydrogen) atoms. The molecule has 1 heterocycles. The zero-order valence-corrected chi connectivity index (χ0v) is 5.93. The molecule has 1 aliphatic heterocycles. The van der Waals surface area contributed by atoms with Gasteiger partial charge < -0.3 is 0 Å². The predicted octanol–water partition coefficient (Wildman–Crippen LogP) is 0.126. The van der Waals surface area contributed by atoms with Crippen LogP contribution >= 0.6 is 0 Å². The lowest BCUT2D eigenvalue weighted by atomic mass is 10.5. The summed E-state index contributed by atoms with van der Waals surface area (Å²) in [6.45, 7) is 5.28. The van der Waals surface area contributed by atoms with Crippen LogP contribution in [0.1, 0.15) is 19.8 Å². The van der Waals surface area contributed by atoms with E-state index in [2.05, 4.69) is 17.8 Å². The average molecular weight is 128 g/mol. The molecule has 0 atom stereocenters. The molecule has 0 unspecified atom stereocenters. The van der Waals surface area contributed by atoms with Crippen LogP contribution in [0.25, 0.3) is 0 Å². The van der Waals surface area contributed by atoms with E-state index in [-0.39, 0.29) is 0 Å². The highest BCUT2D eigenvalue weighted by Crippen LogP contribution is 1.92. The van der Waals surface area contributed by atoms with E-state index in [0.29, 0.717) is 0 Å². The summed E-state index contributed by atoms with van der Waals surface area (Å²) in [7, 11) is 0. The van der Waals surface area contributed by atoms with Crippen LogP contribution in [0.5, 0.6) is 0 Å². The van der Waals surface area contributed by atoms with E-state index in [1.165, 1.54) is 12.8 Å². The molecular weight excluding hydrogens is 114 g/mol. The second kappa shape index (κ2) is 3.82. The molecule has 0 aromatic carbocycles. The molecule has 1 radical (unpaired) electrons. The van der Waals surface area contributed by atoms with Crippen molar-refractivity contribution in [3.63, 3.8) is 0 Å². The van der Waals surface area contributed by atoms with E-state index in [1.807, 2.05) is 5.12 Å². The molecule has 1 aliphatic rings. The van der Waals surface area contributed by atoms with Gasteiger partial charge in [0.25, 0.3) is 0 Å². The van der Waals surface area contributed by atoms with Crippen molar-refractivity contribution in [3.05, 3.63) is 0 Å². The lowest BCUT2D eigenvalue weighted by molar-refractivity contribution is 0.159. The highest BCUT2D eigenvalue weighted by atomic mass is 15.7. The number of hydrogen-bond acceptors (Lipinski definition) is 2. The smallest absolute Gasteiger partial charge is 0.0334 e. The van der Waals surface area contributed by atoms with Crippen molar-refractivity contribution in [2.45, 2.75) is 19.8 Å². The van der Waals surface area contributed by atoms with Crippen LogP contribution in [0.2, 0.25) is 0 Å². The summed E-state index contributed by atoms with van der Waals surface area (Å²) < 4.78 is 0. The fraction of sp³-hybridized carbons (Fsp3) is 1.00. The van der Waals surface area contributed by atoms with Gasteiger partial charge in [-0.15, -0.1) is 5.43 Å². The van der Waals surface area contributed by atoms with Gasteiger partial charge in [-0.3, -0.25) is 0 Å². The van der Waals surface area contributed by atoms with Crippen molar-refractivity contribution in [2.75, 3.05) is 19.6 Å². The molecule has 1 rings (SSSR count). The molecule has 0 saturated carbocycles. The van der Waals surface area contributed by atoms with Crippen LogP contribution < -0.4 is 10.9 Å². The highest BCUT2D eigenvalue weighted by Gasteiger charge is 2.09. The Hall–Kier alpha value is -0.120. The van der Waals surface area contributed by atoms with Gasteiger partial charge in [0.2, 0.25) is 0 Å². The molecule has 0 aromatic heterocycles. The van der Waals surface area contributed by atoms with Gasteiger partial charge in [0, 0.05) is 19.6 Å². The Morgan fingerprint density at radius 1 is 1.67 bits per heavy atom. The Labute approximate surface area is 56.4 Å². The third-order valence-corrected chi connectivity index (χ3v) is 1.34. The lowest BCUT2D eigenvalue weighted by Crippen LogP contribution is -2.39. The summed E-state index contributed by atoms with van der Waals surface area (Å²) in [4.78, 5) is 0. The molecule has 0 aromatic rings. The maximum Gasteiger partial charge on any atom is 0.0334 e. The summed E-state index contributed by atoms with van der Waals surface area (Å²) in [6, 6.07) is 0. The Kier molecular flexibility index (Phi) is 2.97. The van der Waals surface area contributed by atoms with Gasteiger partial charge in [-0.05, 0) is 12.8 Å². The fourth-order valence-corrected chi connectivity index (χ4v) is 0.853. The minimum Gasteiger partial charge on any atom is -0.240 e. The van der Waals surface area contributed by atoms with Crippen molar-refractivity contribution < 1.29 is 0 Å². The van der Waals surface area contributed by atoms with Crippen LogP contribution in [0, 0.1) is 0 Å². The highest BCUT2D eigenvalue weighted by molar-refractivity contribution is 4.55. The third-order valence-electron chi connectivity index (χ3n) is 1.34. The maximum atomic E-state index is 4.20. The van der Waals surface area contributed by atoms with Gasteiger partial charge in [0.05, 0.1) is 0 Å². The molecular formula is C6H14N3. The van der Waals surface area contributed by atoms with E-state index in [4.69, 9.17) is 0 Å². The molecule has 0 aliphatic carbocycles. The van der Waals surface area contributed by atoms with Crippen LogP contribution in [-0.4, -0.2) is 24.8 Å². The van der Waals surface area contributed by atoms with Gasteiger partial charge in [0.1, 0.15) is 0 Å². The van der Waals surface area contributed by atoms with Gasteiger partial charge in [-0.1, -0.05) is 6.92 Å². The first-order valence-electron chi connectivity index (χ1n) is 3.62. The van der Waals surface area contributed by atoms with Crippen molar-refractivity contribution in [1.29, 1.82) is 0 Å². The van der Waals surface area contributed by atoms with Gasteiger partial charge in [-0.2, -0.15) is 5.12 Å². The van der Waals surface area contributed by atoms with Crippen molar-refractivity contribution in [1.82, 2.24) is 16.0 Å². The number of hydrogen-bond donors (Lipinski definition) is 1. The molecule has 0 spiro atoms. The number of nitrogens with zero attached hydrogens (tertiary/aromatic N) is 2. The Bertz CT molecular complexity index is 68.7. The van der Waals surface area contributed by atoms with E-state index >= 15 is 0 Å². The van der Waals surface area contributed by atoms with E-state index in [1.54, 1.807) is 0 Å². The monoisotopic (exact) mass is 128 g/mol. The largest absolute Gasteiger partial charge is 0.240 e. The summed E-state index contributed by atoms with van der Waals surface area (Å²) in [6.07, 6.45) is 2.38. The molecule has 0 amide bonds. The first-order valence-corrected chi connectivity index (χ1v) is 3.62. The SMILES string of the molecule is CCCNN1CCC[N]1. The lowest BCUT2D eigenvalue weighted by Gasteiger charge is -2.13. The first kappa shape index (κ1) is 6.99. The number of rotatable bonds is 3. The standard InChI is InChI=1S/C6H14N3/c1-2-4-7-9-6-3-5-8-9/h7H,2-6H2,1H3. The topological polar surface area (TPSA) is 29.4 Å². The number of nitrogens with one attached hydrogen (secondary N) is 1. The third kappa shape index (κ3) is 2.30. The molecule has 53 valence electrons. The van der Waals surface area contributed by atoms with E-state index in [0.717, 1.165) is 19.6 Å². The zero-order chi connectivity index (χ0) is 6.53. The van der Waals surface area contributed by atoms with Gasteiger partial charge >= 0.3 is 0 Å². The normalized spacial score (nSPS) is 21.0. The minimum absolute atomic E-state index is 0.997. The first-order chi connectivity index (χ1) is 4.43. The van der Waals surface area contributed by atoms with Crippen LogP contribution in [-0.2, 0) is 0 Å². The fourth-order valence-electron chi connectivity index (χ4n) is 0.853. The second-order valence-electron chi connectivity index (χ2n) is 2.25. The maximum absolute atomic E-state index is 4.20. The summed E-state index contributed by atoms with van der Waals surface area (Å²) >= 11 is 0. The summed E-state index contributed by atoms with van der Waals surface area (Å²) in [5.74, 6) is 0. The quantitative estimate of drug-likeness (QED) is 0.585. The summed E-state index contributed by atoms with van der Waals surface area (Å²) in [5.41, 5.74) is 7.39. The van der Waals surface area contributed by atoms with E-state index in [9.17, 15) is 0 Å². The van der Waals surface area contributed by atoms with Crippen LogP contribution in [0.3, 0.4) is 0 Å². The second-order valence-corrected chi connectivity index (χ2v) is 2.25. The summed E-state index contributed by atoms with van der Waals surface area (Å²) in [5, 5.41) is 1.95. The Morgan fingerprint density at radius 3 is 3.11 bits per heavy atom. The average Bonchev–Trinajstić information content (AvgIpc) is 2.34. The Balaban J connectivity index is 1.98. The van der Waals surface area contributed by atoms with Crippen LogP contribution in [0.15, 0.2) is 0 Å². The molecule has 0 bridgehead atoms. The molecule has 3 heteroatoms. The van der Waals surface area contributed by atoms with Crippen molar-refractivity contribution in [2.24, 2.45) is 0 Å². The molecule has 1 N–H and O–H groups in total. The molecule has 1 saturated heterocycles. The minimum atomic E-state index is 0.997. The molecule has 3 nitrogen and oxygen atoms in total. The van der Waals surface area contributed by atoms with Gasteiger partial charge in [-0.25, -0.2) is 5.43 Å². The van der Waals surface area contributed by atoms with E-state index < -0.39 is 0 Å². The van der Waals surface area contributed by atoms with Gasteiger partial charge in [0.15, 0.2) is 0 Å².